The maximum atomic E-state index is 13.6. The summed E-state index contributed by atoms with van der Waals surface area (Å²) in [5.41, 5.74) is 0. The van der Waals surface area contributed by atoms with Crippen LogP contribution < -0.4 is 10.1 Å². The lowest BCUT2D eigenvalue weighted by Crippen LogP contribution is -2.49. The van der Waals surface area contributed by atoms with Crippen LogP contribution in [0.15, 0.2) is 24.3 Å². The molecule has 1 aromatic rings. The van der Waals surface area contributed by atoms with E-state index < -0.39 is 5.82 Å². The first-order valence-electron chi connectivity index (χ1n) is 9.84. The number of morpholine rings is 1. The summed E-state index contributed by atoms with van der Waals surface area (Å²) in [4.78, 5) is 16.8. The molecule has 1 N–H and O–H groups in total. The predicted octanol–water partition coefficient (Wildman–Crippen LogP) is 2.35. The van der Waals surface area contributed by atoms with Gasteiger partial charge in [-0.25, -0.2) is 9.18 Å². The molecule has 150 valence electrons. The van der Waals surface area contributed by atoms with Crippen molar-refractivity contribution in [2.45, 2.75) is 25.8 Å². The lowest BCUT2D eigenvalue weighted by Gasteiger charge is -2.36. The lowest BCUT2D eigenvalue weighted by atomic mass is 9.96. The highest BCUT2D eigenvalue weighted by molar-refractivity contribution is 5.74. The fourth-order valence-corrected chi connectivity index (χ4v) is 3.59. The number of hydrogen-bond donors (Lipinski definition) is 1. The van der Waals surface area contributed by atoms with Gasteiger partial charge in [0.05, 0.1) is 19.3 Å². The van der Waals surface area contributed by atoms with Crippen molar-refractivity contribution < 1.29 is 18.7 Å². The summed E-state index contributed by atoms with van der Waals surface area (Å²) in [7, 11) is 0. The van der Waals surface area contributed by atoms with Crippen LogP contribution in [0.2, 0.25) is 0 Å². The van der Waals surface area contributed by atoms with Gasteiger partial charge >= 0.3 is 6.03 Å². The molecule has 0 bridgehead atoms. The zero-order valence-electron chi connectivity index (χ0n) is 16.0. The molecule has 0 aromatic heterocycles. The van der Waals surface area contributed by atoms with E-state index in [1.165, 1.54) is 6.07 Å². The van der Waals surface area contributed by atoms with E-state index in [9.17, 15) is 9.18 Å². The molecule has 2 aliphatic heterocycles. The fraction of sp³-hybridized carbons (Fsp3) is 0.650. The minimum absolute atomic E-state index is 0.0653. The van der Waals surface area contributed by atoms with E-state index in [0.717, 1.165) is 58.8 Å². The Bertz CT molecular complexity index is 602. The van der Waals surface area contributed by atoms with Crippen molar-refractivity contribution in [2.75, 3.05) is 52.5 Å². The Morgan fingerprint density at radius 3 is 2.67 bits per heavy atom. The van der Waals surface area contributed by atoms with Crippen LogP contribution in [-0.4, -0.2) is 74.4 Å². The number of halogens is 1. The Kier molecular flexibility index (Phi) is 7.29. The Labute approximate surface area is 160 Å². The van der Waals surface area contributed by atoms with Gasteiger partial charge in [-0.05, 0) is 37.8 Å². The first-order chi connectivity index (χ1) is 13.1. The molecule has 1 unspecified atom stereocenters. The molecule has 0 spiro atoms. The molecule has 7 heteroatoms. The number of carbonyl (C=O) groups is 1. The number of likely N-dealkylation sites (tertiary alicyclic amines) is 1. The zero-order chi connectivity index (χ0) is 19.1. The second-order valence-electron chi connectivity index (χ2n) is 7.44. The van der Waals surface area contributed by atoms with E-state index in [-0.39, 0.29) is 24.4 Å². The quantitative estimate of drug-likeness (QED) is 0.824. The summed E-state index contributed by atoms with van der Waals surface area (Å²) in [5.74, 6) is 0.467. The maximum absolute atomic E-state index is 13.6. The highest BCUT2D eigenvalue weighted by Gasteiger charge is 2.25. The van der Waals surface area contributed by atoms with Gasteiger partial charge in [0.2, 0.25) is 0 Å². The molecular weight excluding hydrogens is 349 g/mol. The van der Waals surface area contributed by atoms with E-state index >= 15 is 0 Å². The van der Waals surface area contributed by atoms with Crippen molar-refractivity contribution in [1.82, 2.24) is 15.1 Å². The van der Waals surface area contributed by atoms with Crippen LogP contribution in [0.5, 0.6) is 5.75 Å². The van der Waals surface area contributed by atoms with Crippen LogP contribution in [-0.2, 0) is 4.74 Å². The van der Waals surface area contributed by atoms with Crippen molar-refractivity contribution in [3.8, 4) is 5.75 Å². The van der Waals surface area contributed by atoms with Crippen LogP contribution in [0, 0.1) is 11.7 Å². The minimum Gasteiger partial charge on any atom is -0.488 e. The van der Waals surface area contributed by atoms with E-state index in [1.807, 2.05) is 11.8 Å². The van der Waals surface area contributed by atoms with Crippen LogP contribution in [0.3, 0.4) is 0 Å². The van der Waals surface area contributed by atoms with Gasteiger partial charge in [0, 0.05) is 32.7 Å². The Hall–Kier alpha value is -1.86. The van der Waals surface area contributed by atoms with Gasteiger partial charge in [0.25, 0.3) is 0 Å². The average Bonchev–Trinajstić information content (AvgIpc) is 2.69. The number of urea groups is 1. The number of rotatable bonds is 6. The summed E-state index contributed by atoms with van der Waals surface area (Å²) in [6.45, 7) is 8.45. The molecule has 2 fully saturated rings. The Balaban J connectivity index is 1.35. The van der Waals surface area contributed by atoms with Gasteiger partial charge in [-0.1, -0.05) is 12.1 Å². The van der Waals surface area contributed by atoms with Crippen LogP contribution in [0.4, 0.5) is 9.18 Å². The predicted molar refractivity (Wildman–Crippen MR) is 101 cm³/mol. The van der Waals surface area contributed by atoms with Gasteiger partial charge in [-0.2, -0.15) is 0 Å². The maximum Gasteiger partial charge on any atom is 0.317 e. The normalized spacial score (nSPS) is 20.3. The number of para-hydroxylation sites is 1. The Morgan fingerprint density at radius 1 is 1.26 bits per heavy atom. The van der Waals surface area contributed by atoms with E-state index in [0.29, 0.717) is 5.92 Å². The second kappa shape index (κ2) is 9.90. The van der Waals surface area contributed by atoms with Crippen molar-refractivity contribution >= 4 is 6.03 Å². The molecule has 3 rings (SSSR count). The number of piperidine rings is 1. The minimum atomic E-state index is -0.390. The number of nitrogens with zero attached hydrogens (tertiary/aromatic N) is 2. The topological polar surface area (TPSA) is 54.0 Å². The first kappa shape index (κ1) is 19.9. The third-order valence-corrected chi connectivity index (χ3v) is 5.22. The van der Waals surface area contributed by atoms with Crippen molar-refractivity contribution in [1.29, 1.82) is 0 Å². The average molecular weight is 379 g/mol. The van der Waals surface area contributed by atoms with E-state index in [4.69, 9.17) is 9.47 Å². The SMILES string of the molecule is CC(COc1ccccc1F)NC(=O)N1CCC(CN2CCOCC2)CC1. The van der Waals surface area contributed by atoms with E-state index in [2.05, 4.69) is 10.2 Å². The van der Waals surface area contributed by atoms with Crippen molar-refractivity contribution in [3.63, 3.8) is 0 Å². The smallest absolute Gasteiger partial charge is 0.317 e. The summed E-state index contributed by atoms with van der Waals surface area (Å²) < 4.78 is 24.4. The first-order valence-corrected chi connectivity index (χ1v) is 9.84. The summed E-state index contributed by atoms with van der Waals surface area (Å²) >= 11 is 0. The standard InChI is InChI=1S/C20H30FN3O3/c1-16(15-27-19-5-3-2-4-18(19)21)22-20(25)24-8-6-17(7-9-24)14-23-10-12-26-13-11-23/h2-5,16-17H,6-15H2,1H3,(H,22,25). The number of ether oxygens (including phenoxy) is 2. The van der Waals surface area contributed by atoms with Crippen molar-refractivity contribution in [3.05, 3.63) is 30.1 Å². The number of hydrogen-bond acceptors (Lipinski definition) is 4. The molecule has 27 heavy (non-hydrogen) atoms. The molecular formula is C20H30FN3O3. The van der Waals surface area contributed by atoms with Crippen molar-refractivity contribution in [2.24, 2.45) is 5.92 Å². The third-order valence-electron chi connectivity index (χ3n) is 5.22. The number of nitrogens with one attached hydrogen (secondary N) is 1. The third kappa shape index (κ3) is 6.07. The number of carbonyl (C=O) groups excluding carboxylic acids is 1. The van der Waals surface area contributed by atoms with Crippen LogP contribution in [0.1, 0.15) is 19.8 Å². The lowest BCUT2D eigenvalue weighted by molar-refractivity contribution is 0.0258. The number of benzene rings is 1. The highest BCUT2D eigenvalue weighted by atomic mass is 19.1. The van der Waals surface area contributed by atoms with Gasteiger partial charge < -0.3 is 19.7 Å². The molecule has 6 nitrogen and oxygen atoms in total. The second-order valence-corrected chi connectivity index (χ2v) is 7.44. The molecule has 0 radical (unpaired) electrons. The van der Waals surface area contributed by atoms with Gasteiger partial charge in [-0.15, -0.1) is 0 Å². The molecule has 1 atom stereocenters. The molecule has 2 saturated heterocycles. The number of amides is 2. The van der Waals surface area contributed by atoms with Gasteiger partial charge in [0.1, 0.15) is 6.61 Å². The van der Waals surface area contributed by atoms with Crippen LogP contribution in [0.25, 0.3) is 0 Å². The van der Waals surface area contributed by atoms with E-state index in [1.54, 1.807) is 18.2 Å². The monoisotopic (exact) mass is 379 g/mol. The summed E-state index contributed by atoms with van der Waals surface area (Å²) in [5, 5.41) is 2.95. The highest BCUT2D eigenvalue weighted by Crippen LogP contribution is 2.19. The summed E-state index contributed by atoms with van der Waals surface area (Å²) in [6, 6.07) is 6.04. The van der Waals surface area contributed by atoms with Gasteiger partial charge in [-0.3, -0.25) is 4.90 Å². The molecule has 1 aromatic carbocycles. The van der Waals surface area contributed by atoms with Crippen LogP contribution >= 0.6 is 0 Å². The summed E-state index contributed by atoms with van der Waals surface area (Å²) in [6.07, 6.45) is 2.07. The molecule has 2 aliphatic rings. The largest absolute Gasteiger partial charge is 0.488 e. The Morgan fingerprint density at radius 2 is 1.96 bits per heavy atom. The molecule has 2 amide bonds. The molecule has 0 saturated carbocycles. The zero-order valence-corrected chi connectivity index (χ0v) is 16.0. The molecule has 2 heterocycles. The fourth-order valence-electron chi connectivity index (χ4n) is 3.59. The van der Waals surface area contributed by atoms with Gasteiger partial charge in [0.15, 0.2) is 11.6 Å². The molecule has 0 aliphatic carbocycles.